The van der Waals surface area contributed by atoms with Crippen LogP contribution in [0, 0.1) is 6.92 Å². The summed E-state index contributed by atoms with van der Waals surface area (Å²) >= 11 is 1.43. The predicted molar refractivity (Wildman–Crippen MR) is 86.6 cm³/mol. The molecular formula is C17H15NO5S. The summed E-state index contributed by atoms with van der Waals surface area (Å²) < 4.78 is 15.4. The summed E-state index contributed by atoms with van der Waals surface area (Å²) in [5, 5.41) is 3.81. The fourth-order valence-corrected chi connectivity index (χ4v) is 2.90. The second-order valence-electron chi connectivity index (χ2n) is 5.15. The normalized spacial score (nSPS) is 10.7. The molecule has 0 spiro atoms. The number of rotatable bonds is 7. The van der Waals surface area contributed by atoms with Crippen molar-refractivity contribution in [3.8, 4) is 11.5 Å². The van der Waals surface area contributed by atoms with Crippen molar-refractivity contribution in [2.75, 3.05) is 0 Å². The monoisotopic (exact) mass is 345 g/mol. The van der Waals surface area contributed by atoms with Gasteiger partial charge in [0.05, 0.1) is 17.6 Å². The highest BCUT2D eigenvalue weighted by atomic mass is 32.1. The fraction of sp³-hybridized carbons (Fsp3) is 0.235. The molecule has 0 amide bonds. The van der Waals surface area contributed by atoms with Gasteiger partial charge in [-0.05, 0) is 31.2 Å². The van der Waals surface area contributed by atoms with E-state index in [4.69, 9.17) is 13.7 Å². The maximum Gasteiger partial charge on any atom is 0.306 e. The topological polar surface area (TPSA) is 82.5 Å². The molecular weight excluding hydrogens is 330 g/mol. The van der Waals surface area contributed by atoms with Gasteiger partial charge in [-0.1, -0.05) is 5.16 Å². The van der Waals surface area contributed by atoms with Crippen LogP contribution in [0.2, 0.25) is 0 Å². The third kappa shape index (κ3) is 3.99. The van der Waals surface area contributed by atoms with Gasteiger partial charge in [0.2, 0.25) is 5.76 Å². The Bertz CT molecular complexity index is 831. The number of ether oxygens (including phenoxy) is 1. The van der Waals surface area contributed by atoms with Gasteiger partial charge in [-0.15, -0.1) is 11.3 Å². The summed E-state index contributed by atoms with van der Waals surface area (Å²) in [6.45, 7) is 1.93. The quantitative estimate of drug-likeness (QED) is 0.475. The zero-order valence-electron chi connectivity index (χ0n) is 13.0. The molecule has 0 saturated carbocycles. The Morgan fingerprint density at radius 2 is 2.08 bits per heavy atom. The Kier molecular flexibility index (Phi) is 4.90. The van der Waals surface area contributed by atoms with Crippen LogP contribution in [0.3, 0.4) is 0 Å². The van der Waals surface area contributed by atoms with Gasteiger partial charge in [0.15, 0.2) is 11.5 Å². The molecule has 0 unspecified atom stereocenters. The number of carbonyl (C=O) groups excluding carboxylic acids is 2. The number of furan rings is 1. The van der Waals surface area contributed by atoms with Crippen molar-refractivity contribution in [1.82, 2.24) is 5.16 Å². The van der Waals surface area contributed by atoms with Crippen molar-refractivity contribution >= 4 is 23.1 Å². The van der Waals surface area contributed by atoms with Crippen molar-refractivity contribution in [1.29, 1.82) is 0 Å². The Balaban J connectivity index is 1.45. The van der Waals surface area contributed by atoms with E-state index in [1.807, 2.05) is 13.0 Å². The van der Waals surface area contributed by atoms with Crippen LogP contribution in [-0.2, 0) is 16.1 Å². The highest BCUT2D eigenvalue weighted by Crippen LogP contribution is 2.21. The average Bonchev–Trinajstić information content (AvgIpc) is 3.30. The second kappa shape index (κ2) is 7.27. The number of nitrogens with zero attached hydrogens (tertiary/aromatic N) is 1. The van der Waals surface area contributed by atoms with E-state index in [2.05, 4.69) is 5.16 Å². The molecule has 24 heavy (non-hydrogen) atoms. The number of hydrogen-bond donors (Lipinski definition) is 0. The standard InChI is InChI=1S/C17H15NO5S/c1-11-4-6-16(24-11)13(19)5-7-17(20)22-10-12-9-15(23-18-12)14-3-2-8-21-14/h2-4,6,8-9H,5,7,10H2,1H3. The molecule has 3 rings (SSSR count). The zero-order chi connectivity index (χ0) is 16.9. The molecule has 0 radical (unpaired) electrons. The number of carbonyl (C=O) groups is 2. The number of ketones is 1. The van der Waals surface area contributed by atoms with Gasteiger partial charge in [0.1, 0.15) is 12.3 Å². The van der Waals surface area contributed by atoms with Crippen molar-refractivity contribution in [3.63, 3.8) is 0 Å². The lowest BCUT2D eigenvalue weighted by molar-refractivity contribution is -0.145. The summed E-state index contributed by atoms with van der Waals surface area (Å²) in [6, 6.07) is 8.79. The minimum atomic E-state index is -0.445. The van der Waals surface area contributed by atoms with Crippen LogP contribution in [0.4, 0.5) is 0 Å². The molecule has 0 atom stereocenters. The largest absolute Gasteiger partial charge is 0.461 e. The summed E-state index contributed by atoms with van der Waals surface area (Å²) in [7, 11) is 0. The van der Waals surface area contributed by atoms with Gasteiger partial charge in [-0.25, -0.2) is 0 Å². The van der Waals surface area contributed by atoms with Crippen molar-refractivity contribution < 1.29 is 23.3 Å². The van der Waals surface area contributed by atoms with E-state index in [0.29, 0.717) is 22.1 Å². The Hall–Kier alpha value is -2.67. The lowest BCUT2D eigenvalue weighted by Crippen LogP contribution is -2.07. The van der Waals surface area contributed by atoms with Crippen LogP contribution >= 0.6 is 11.3 Å². The minimum absolute atomic E-state index is 0.00462. The van der Waals surface area contributed by atoms with Crippen molar-refractivity contribution in [2.45, 2.75) is 26.4 Å². The Morgan fingerprint density at radius 3 is 2.79 bits per heavy atom. The van der Waals surface area contributed by atoms with E-state index >= 15 is 0 Å². The lowest BCUT2D eigenvalue weighted by Gasteiger charge is -2.01. The molecule has 0 aliphatic carbocycles. The molecule has 7 heteroatoms. The van der Waals surface area contributed by atoms with Gasteiger partial charge in [0, 0.05) is 17.4 Å². The molecule has 0 aliphatic rings. The van der Waals surface area contributed by atoms with Crippen LogP contribution in [0.1, 0.15) is 33.1 Å². The van der Waals surface area contributed by atoms with Crippen LogP contribution in [0.15, 0.2) is 45.5 Å². The fourth-order valence-electron chi connectivity index (χ4n) is 2.06. The smallest absolute Gasteiger partial charge is 0.306 e. The number of thiophene rings is 1. The maximum absolute atomic E-state index is 11.9. The molecule has 0 bridgehead atoms. The number of aryl methyl sites for hydroxylation is 1. The minimum Gasteiger partial charge on any atom is -0.461 e. The van der Waals surface area contributed by atoms with Crippen LogP contribution in [0.5, 0.6) is 0 Å². The number of aromatic nitrogens is 1. The molecule has 0 aromatic carbocycles. The van der Waals surface area contributed by atoms with Gasteiger partial charge in [0.25, 0.3) is 0 Å². The molecule has 3 heterocycles. The summed E-state index contributed by atoms with van der Waals surface area (Å²) in [5.74, 6) is 0.525. The third-order valence-corrected chi connectivity index (χ3v) is 4.32. The molecule has 0 N–H and O–H groups in total. The number of esters is 1. The van der Waals surface area contributed by atoms with Crippen LogP contribution in [-0.4, -0.2) is 16.9 Å². The zero-order valence-corrected chi connectivity index (χ0v) is 13.8. The number of hydrogen-bond acceptors (Lipinski definition) is 7. The van der Waals surface area contributed by atoms with E-state index in [0.717, 1.165) is 4.88 Å². The summed E-state index contributed by atoms with van der Waals surface area (Å²) in [4.78, 5) is 25.4. The first-order valence-electron chi connectivity index (χ1n) is 7.36. The second-order valence-corrected chi connectivity index (χ2v) is 6.44. The van der Waals surface area contributed by atoms with Crippen molar-refractivity contribution in [2.24, 2.45) is 0 Å². The number of Topliss-reactive ketones (excluding diaryl/α,β-unsaturated/α-hetero) is 1. The van der Waals surface area contributed by atoms with Gasteiger partial charge in [-0.3, -0.25) is 9.59 Å². The van der Waals surface area contributed by atoms with E-state index in [1.165, 1.54) is 17.6 Å². The first-order chi connectivity index (χ1) is 11.6. The van der Waals surface area contributed by atoms with E-state index in [9.17, 15) is 9.59 Å². The third-order valence-electron chi connectivity index (χ3n) is 3.28. The molecule has 0 aliphatic heterocycles. The highest BCUT2D eigenvalue weighted by Gasteiger charge is 2.14. The van der Waals surface area contributed by atoms with Gasteiger partial charge in [-0.2, -0.15) is 0 Å². The van der Waals surface area contributed by atoms with Crippen molar-refractivity contribution in [3.05, 3.63) is 52.0 Å². The average molecular weight is 345 g/mol. The molecule has 3 aromatic heterocycles. The summed E-state index contributed by atoms with van der Waals surface area (Å²) in [5.41, 5.74) is 0.481. The Morgan fingerprint density at radius 1 is 1.21 bits per heavy atom. The predicted octanol–water partition coefficient (Wildman–Crippen LogP) is 4.01. The molecule has 3 aromatic rings. The van der Waals surface area contributed by atoms with Gasteiger partial charge >= 0.3 is 5.97 Å². The van der Waals surface area contributed by atoms with E-state index in [1.54, 1.807) is 24.3 Å². The van der Waals surface area contributed by atoms with Crippen LogP contribution in [0.25, 0.3) is 11.5 Å². The SMILES string of the molecule is Cc1ccc(C(=O)CCC(=O)OCc2cc(-c3ccco3)on2)s1. The molecule has 124 valence electrons. The lowest BCUT2D eigenvalue weighted by atomic mass is 10.2. The molecule has 0 saturated heterocycles. The van der Waals surface area contributed by atoms with E-state index in [-0.39, 0.29) is 25.2 Å². The summed E-state index contributed by atoms with van der Waals surface area (Å²) in [6.07, 6.45) is 1.71. The van der Waals surface area contributed by atoms with Gasteiger partial charge < -0.3 is 13.7 Å². The Labute approximate surface area is 142 Å². The van der Waals surface area contributed by atoms with Crippen LogP contribution < -0.4 is 0 Å². The first-order valence-corrected chi connectivity index (χ1v) is 8.18. The highest BCUT2D eigenvalue weighted by molar-refractivity contribution is 7.14. The molecule has 0 fully saturated rings. The first kappa shape index (κ1) is 16.2. The molecule has 6 nitrogen and oxygen atoms in total. The van der Waals surface area contributed by atoms with E-state index < -0.39 is 5.97 Å². The maximum atomic E-state index is 11.9.